The largest absolute Gasteiger partial charge is 0.497 e. The first-order valence-corrected chi connectivity index (χ1v) is 22.0. The van der Waals surface area contributed by atoms with Gasteiger partial charge in [0.15, 0.2) is 0 Å². The van der Waals surface area contributed by atoms with Crippen LogP contribution in [0.1, 0.15) is 73.1 Å². The van der Waals surface area contributed by atoms with Crippen LogP contribution in [0.5, 0.6) is 11.5 Å². The molecule has 0 radical (unpaired) electrons. The summed E-state index contributed by atoms with van der Waals surface area (Å²) in [7, 11) is -1.31. The van der Waals surface area contributed by atoms with Gasteiger partial charge in [-0.15, -0.1) is 0 Å². The molecule has 0 bridgehead atoms. The number of aryl methyl sites for hydroxylation is 1. The number of aliphatic hydroxyl groups is 1. The summed E-state index contributed by atoms with van der Waals surface area (Å²) in [6.45, 7) is 8.47. The molecular formula is C47H54N5O9P. The molecule has 62 heavy (non-hydrogen) atoms. The second kappa shape index (κ2) is 19.6. The molecule has 0 aliphatic carbocycles. The molecule has 1 fully saturated rings. The van der Waals surface area contributed by atoms with Crippen LogP contribution < -0.4 is 20.5 Å². The van der Waals surface area contributed by atoms with E-state index in [9.17, 15) is 20.0 Å². The maximum atomic E-state index is 16.2. The predicted molar refractivity (Wildman–Crippen MR) is 235 cm³/mol. The van der Waals surface area contributed by atoms with Crippen LogP contribution in [-0.4, -0.2) is 77.0 Å². The molecule has 4 atom stereocenters. The molecule has 0 saturated carbocycles. The topological polar surface area (TPSA) is 174 Å². The van der Waals surface area contributed by atoms with Gasteiger partial charge in [-0.3, -0.25) is 13.9 Å². The van der Waals surface area contributed by atoms with Crippen molar-refractivity contribution in [2.45, 2.75) is 82.8 Å². The molecule has 2 heterocycles. The number of hydrogen-bond donors (Lipinski definition) is 2. The number of nitrogens with zero attached hydrogens (tertiary/aromatic N) is 4. The summed E-state index contributed by atoms with van der Waals surface area (Å²) < 4.78 is 50.4. The lowest BCUT2D eigenvalue weighted by Gasteiger charge is -2.46. The molecule has 1 aliphatic heterocycles. The van der Waals surface area contributed by atoms with E-state index in [1.54, 1.807) is 56.1 Å². The van der Waals surface area contributed by atoms with Crippen molar-refractivity contribution in [1.82, 2.24) is 14.2 Å². The van der Waals surface area contributed by atoms with E-state index in [-0.39, 0.29) is 31.9 Å². The third-order valence-electron chi connectivity index (χ3n) is 10.9. The first kappa shape index (κ1) is 45.9. The number of carbonyl (C=O) groups is 1. The summed E-state index contributed by atoms with van der Waals surface area (Å²) in [6, 6.07) is 34.2. The van der Waals surface area contributed by atoms with Gasteiger partial charge in [-0.05, 0) is 87.7 Å². The van der Waals surface area contributed by atoms with E-state index in [1.165, 1.54) is 6.20 Å². The van der Waals surface area contributed by atoms with Crippen LogP contribution in [0.4, 0.5) is 5.82 Å². The SMILES string of the molecule is COc1ccc(C(OC[C@H]2O[C@](n3cc(C)c(NC(=O)c4ccccc4)nc3=O)(P(=O)(OCCC#N)N(C(C)C)C(C)C)C[C@@H]2O)(c2ccccc2)c2ccc(OC)cc2)cc1. The van der Waals surface area contributed by atoms with E-state index in [1.807, 2.05) is 113 Å². The summed E-state index contributed by atoms with van der Waals surface area (Å²) >= 11 is 0. The lowest BCUT2D eigenvalue weighted by atomic mass is 9.80. The molecule has 1 unspecified atom stereocenters. The third kappa shape index (κ3) is 8.97. The Labute approximate surface area is 362 Å². The molecule has 1 saturated heterocycles. The first-order chi connectivity index (χ1) is 29.7. The molecule has 1 amide bonds. The van der Waals surface area contributed by atoms with Gasteiger partial charge in [-0.2, -0.15) is 10.2 Å². The summed E-state index contributed by atoms with van der Waals surface area (Å²) in [5.74, 6) is 0.781. The number of aliphatic hydroxyl groups excluding tert-OH is 1. The van der Waals surface area contributed by atoms with Gasteiger partial charge >= 0.3 is 13.2 Å². The number of rotatable bonds is 18. The van der Waals surface area contributed by atoms with Crippen LogP contribution in [-0.2, 0) is 29.6 Å². The lowest BCUT2D eigenvalue weighted by molar-refractivity contribution is -0.115. The number of nitrogens with one attached hydrogen (secondary N) is 1. The van der Waals surface area contributed by atoms with Crippen LogP contribution in [0.25, 0.3) is 0 Å². The van der Waals surface area contributed by atoms with Gasteiger partial charge in [0.1, 0.15) is 29.0 Å². The van der Waals surface area contributed by atoms with Crippen LogP contribution in [0.15, 0.2) is 120 Å². The molecule has 5 aromatic rings. The minimum atomic E-state index is -4.49. The highest BCUT2D eigenvalue weighted by Gasteiger charge is 2.64. The number of hydrogen-bond acceptors (Lipinski definition) is 11. The van der Waals surface area contributed by atoms with E-state index in [0.29, 0.717) is 22.6 Å². The zero-order chi connectivity index (χ0) is 44.7. The number of nitriles is 1. The number of ether oxygens (including phenoxy) is 4. The molecule has 326 valence electrons. The molecule has 0 spiro atoms. The zero-order valence-corrected chi connectivity index (χ0v) is 37.0. The highest BCUT2D eigenvalue weighted by Crippen LogP contribution is 2.70. The molecule has 1 aliphatic rings. The summed E-state index contributed by atoms with van der Waals surface area (Å²) in [5.41, 5.74) is -1.50. The van der Waals surface area contributed by atoms with Gasteiger partial charge in [0.05, 0.1) is 46.0 Å². The minimum Gasteiger partial charge on any atom is -0.497 e. The second-order valence-electron chi connectivity index (χ2n) is 15.6. The normalized spacial score (nSPS) is 18.7. The Morgan fingerprint density at radius 3 is 1.98 bits per heavy atom. The Morgan fingerprint density at radius 2 is 1.47 bits per heavy atom. The number of benzene rings is 4. The Balaban J connectivity index is 1.51. The number of amides is 1. The fraction of sp³-hybridized carbons (Fsp3) is 0.362. The Hall–Kier alpha value is -5.65. The maximum Gasteiger partial charge on any atom is 0.352 e. The van der Waals surface area contributed by atoms with E-state index in [2.05, 4.69) is 10.3 Å². The van der Waals surface area contributed by atoms with E-state index >= 15 is 4.57 Å². The van der Waals surface area contributed by atoms with Crippen molar-refractivity contribution in [1.29, 1.82) is 5.26 Å². The van der Waals surface area contributed by atoms with E-state index < -0.39 is 54.5 Å². The number of methoxy groups -OCH3 is 2. The Bertz CT molecular complexity index is 2390. The van der Waals surface area contributed by atoms with Crippen molar-refractivity contribution < 1.29 is 37.9 Å². The Morgan fingerprint density at radius 1 is 0.935 bits per heavy atom. The second-order valence-corrected chi connectivity index (χ2v) is 18.0. The molecule has 15 heteroatoms. The van der Waals surface area contributed by atoms with Gasteiger partial charge in [-0.25, -0.2) is 9.46 Å². The monoisotopic (exact) mass is 863 g/mol. The van der Waals surface area contributed by atoms with Crippen molar-refractivity contribution in [2.24, 2.45) is 0 Å². The molecule has 4 aromatic carbocycles. The Kier molecular flexibility index (Phi) is 14.5. The third-order valence-corrected chi connectivity index (χ3v) is 14.4. The van der Waals surface area contributed by atoms with Crippen molar-refractivity contribution in [3.63, 3.8) is 0 Å². The van der Waals surface area contributed by atoms with Gasteiger partial charge in [0, 0.05) is 35.8 Å². The summed E-state index contributed by atoms with van der Waals surface area (Å²) in [4.78, 5) is 32.0. The minimum absolute atomic E-state index is 0.00915. The summed E-state index contributed by atoms with van der Waals surface area (Å²) in [5, 5.41) is 24.5. The molecular weight excluding hydrogens is 810 g/mol. The number of anilines is 1. The van der Waals surface area contributed by atoms with Crippen molar-refractivity contribution in [2.75, 3.05) is 32.8 Å². The van der Waals surface area contributed by atoms with Crippen molar-refractivity contribution >= 4 is 19.2 Å². The van der Waals surface area contributed by atoms with E-state index in [4.69, 9.17) is 23.5 Å². The highest BCUT2D eigenvalue weighted by atomic mass is 31.2. The number of carbonyl (C=O) groups excluding carboxylic acids is 1. The van der Waals surface area contributed by atoms with Crippen LogP contribution in [0.2, 0.25) is 0 Å². The van der Waals surface area contributed by atoms with Crippen molar-refractivity contribution in [3.8, 4) is 17.6 Å². The fourth-order valence-electron chi connectivity index (χ4n) is 8.13. The van der Waals surface area contributed by atoms with Gasteiger partial charge in [-0.1, -0.05) is 72.8 Å². The first-order valence-electron chi connectivity index (χ1n) is 20.5. The van der Waals surface area contributed by atoms with Gasteiger partial charge in [0.2, 0.25) is 5.47 Å². The molecule has 6 rings (SSSR count). The highest BCUT2D eigenvalue weighted by molar-refractivity contribution is 7.57. The predicted octanol–water partition coefficient (Wildman–Crippen LogP) is 7.83. The smallest absolute Gasteiger partial charge is 0.352 e. The van der Waals surface area contributed by atoms with Crippen LogP contribution >= 0.6 is 7.52 Å². The zero-order valence-electron chi connectivity index (χ0n) is 36.1. The molecule has 14 nitrogen and oxygen atoms in total. The van der Waals surface area contributed by atoms with Gasteiger partial charge in [0.25, 0.3) is 5.91 Å². The standard InChI is InChI=1S/C47H54N5O9P/c1-32(2)52(33(3)4)62(56,60-28-14-27-48)46(51-30-34(5)43(50-45(51)55)49-44(54)35-15-10-8-11-16-35)29-41(53)42(61-46)31-59-47(36-17-12-9-13-18-36,37-19-23-39(57-6)24-20-37)38-21-25-40(58-7)26-22-38/h8-13,15-26,30,32-33,41-42,53H,14,28-29,31H2,1-7H3,(H,49,50,54,55)/t41-,42+,46-,62?/m0/s1. The fourth-order valence-corrected chi connectivity index (χ4v) is 11.5. The van der Waals surface area contributed by atoms with Crippen molar-refractivity contribution in [3.05, 3.63) is 154 Å². The van der Waals surface area contributed by atoms with Crippen LogP contribution in [0, 0.1) is 18.3 Å². The van der Waals surface area contributed by atoms with Crippen LogP contribution in [0.3, 0.4) is 0 Å². The molecule has 2 N–H and O–H groups in total. The average molecular weight is 864 g/mol. The molecule has 1 aromatic heterocycles. The van der Waals surface area contributed by atoms with E-state index in [0.717, 1.165) is 21.3 Å². The average Bonchev–Trinajstić information content (AvgIpc) is 3.62. The maximum absolute atomic E-state index is 16.2. The number of aromatic nitrogens is 2. The lowest BCUT2D eigenvalue weighted by Crippen LogP contribution is -2.50. The quantitative estimate of drug-likeness (QED) is 0.0497. The summed E-state index contributed by atoms with van der Waals surface area (Å²) in [6.07, 6.45) is -1.66. The van der Waals surface area contributed by atoms with Gasteiger partial charge < -0.3 is 33.9 Å².